The van der Waals surface area contributed by atoms with Gasteiger partial charge in [0.1, 0.15) is 17.5 Å². The lowest BCUT2D eigenvalue weighted by molar-refractivity contribution is -0.142. The van der Waals surface area contributed by atoms with Crippen LogP contribution in [0.1, 0.15) is 37.5 Å². The molecule has 2 aromatic carbocycles. The van der Waals surface area contributed by atoms with Gasteiger partial charge < -0.3 is 19.7 Å². The van der Waals surface area contributed by atoms with Gasteiger partial charge in [0, 0.05) is 13.1 Å². The fraction of sp³-hybridized carbons (Fsp3) is 0.440. The topological polar surface area (TPSA) is 67.9 Å². The molecule has 0 aliphatic carbocycles. The summed E-state index contributed by atoms with van der Waals surface area (Å²) in [5, 5.41) is 2.92. The highest BCUT2D eigenvalue weighted by Gasteiger charge is 2.26. The first-order valence-electron chi connectivity index (χ1n) is 10.6. The van der Waals surface area contributed by atoms with Crippen molar-refractivity contribution in [3.8, 4) is 11.5 Å². The molecule has 0 aliphatic rings. The normalized spacial score (nSPS) is 11.7. The second-order valence-electron chi connectivity index (χ2n) is 8.17. The van der Waals surface area contributed by atoms with Crippen molar-refractivity contribution in [1.82, 2.24) is 10.2 Å². The molecule has 0 heterocycles. The molecule has 6 heteroatoms. The van der Waals surface area contributed by atoms with Crippen molar-refractivity contribution in [1.29, 1.82) is 0 Å². The summed E-state index contributed by atoms with van der Waals surface area (Å²) in [7, 11) is 1.61. The van der Waals surface area contributed by atoms with Crippen LogP contribution < -0.4 is 14.8 Å². The number of carbonyl (C=O) groups is 2. The van der Waals surface area contributed by atoms with Crippen LogP contribution in [0.2, 0.25) is 0 Å². The number of hydrogen-bond donors (Lipinski definition) is 1. The molecule has 0 aromatic heterocycles. The Hall–Kier alpha value is -3.02. The number of rotatable bonds is 10. The molecule has 2 rings (SSSR count). The summed E-state index contributed by atoms with van der Waals surface area (Å²) in [6, 6.07) is 12.6. The van der Waals surface area contributed by atoms with E-state index in [1.807, 2.05) is 70.2 Å². The molecular weight excluding hydrogens is 392 g/mol. The maximum Gasteiger partial charge on any atom is 0.261 e. The van der Waals surface area contributed by atoms with Gasteiger partial charge >= 0.3 is 0 Å². The number of benzene rings is 2. The smallest absolute Gasteiger partial charge is 0.261 e. The molecule has 1 atom stereocenters. The Bertz CT molecular complexity index is 878. The highest BCUT2D eigenvalue weighted by atomic mass is 16.5. The molecule has 1 N–H and O–H groups in total. The molecule has 0 spiro atoms. The second kappa shape index (κ2) is 11.4. The summed E-state index contributed by atoms with van der Waals surface area (Å²) in [6.07, 6.45) is 0. The van der Waals surface area contributed by atoms with Crippen LogP contribution in [-0.4, -0.2) is 43.0 Å². The Balaban J connectivity index is 2.16. The van der Waals surface area contributed by atoms with Gasteiger partial charge in [0.15, 0.2) is 6.61 Å². The first kappa shape index (κ1) is 24.3. The number of aryl methyl sites for hydroxylation is 1. The zero-order valence-electron chi connectivity index (χ0n) is 19.4. The van der Waals surface area contributed by atoms with Crippen molar-refractivity contribution in [3.05, 3.63) is 59.2 Å². The van der Waals surface area contributed by atoms with Crippen LogP contribution in [0.5, 0.6) is 11.5 Å². The fourth-order valence-corrected chi connectivity index (χ4v) is 3.07. The number of hydrogen-bond acceptors (Lipinski definition) is 4. The fourth-order valence-electron chi connectivity index (χ4n) is 3.07. The van der Waals surface area contributed by atoms with Crippen molar-refractivity contribution >= 4 is 11.8 Å². The van der Waals surface area contributed by atoms with E-state index in [9.17, 15) is 9.59 Å². The van der Waals surface area contributed by atoms with Crippen molar-refractivity contribution in [2.75, 3.05) is 20.3 Å². The van der Waals surface area contributed by atoms with Gasteiger partial charge in [-0.15, -0.1) is 0 Å². The first-order valence-corrected chi connectivity index (χ1v) is 10.6. The molecule has 0 bridgehead atoms. The van der Waals surface area contributed by atoms with Crippen LogP contribution in [0.15, 0.2) is 42.5 Å². The molecular formula is C25H34N2O4. The second-order valence-corrected chi connectivity index (χ2v) is 8.17. The number of nitrogens with zero attached hydrogens (tertiary/aromatic N) is 1. The summed E-state index contributed by atoms with van der Waals surface area (Å²) in [4.78, 5) is 27.4. The number of carbonyl (C=O) groups excluding carboxylic acids is 2. The summed E-state index contributed by atoms with van der Waals surface area (Å²) >= 11 is 0. The van der Waals surface area contributed by atoms with Crippen LogP contribution in [0, 0.1) is 19.8 Å². The summed E-state index contributed by atoms with van der Waals surface area (Å²) in [5.74, 6) is 1.32. The van der Waals surface area contributed by atoms with E-state index in [0.717, 1.165) is 22.4 Å². The molecule has 1 unspecified atom stereocenters. The largest absolute Gasteiger partial charge is 0.497 e. The van der Waals surface area contributed by atoms with E-state index in [4.69, 9.17) is 9.47 Å². The third kappa shape index (κ3) is 7.02. The Morgan fingerprint density at radius 1 is 1.03 bits per heavy atom. The van der Waals surface area contributed by atoms with E-state index in [1.165, 1.54) is 0 Å². The van der Waals surface area contributed by atoms with E-state index in [1.54, 1.807) is 18.9 Å². The number of amides is 2. The highest BCUT2D eigenvalue weighted by molar-refractivity contribution is 5.88. The van der Waals surface area contributed by atoms with Crippen LogP contribution in [-0.2, 0) is 16.1 Å². The lowest BCUT2D eigenvalue weighted by atomic mass is 10.1. The van der Waals surface area contributed by atoms with E-state index < -0.39 is 6.04 Å². The zero-order chi connectivity index (χ0) is 23.0. The first-order chi connectivity index (χ1) is 14.7. The van der Waals surface area contributed by atoms with E-state index in [-0.39, 0.29) is 18.4 Å². The highest BCUT2D eigenvalue weighted by Crippen LogP contribution is 2.21. The van der Waals surface area contributed by atoms with Gasteiger partial charge in [-0.25, -0.2) is 0 Å². The molecule has 0 radical (unpaired) electrons. The third-order valence-electron chi connectivity index (χ3n) is 5.27. The minimum atomic E-state index is -0.629. The van der Waals surface area contributed by atoms with Gasteiger partial charge in [-0.05, 0) is 61.6 Å². The van der Waals surface area contributed by atoms with Gasteiger partial charge in [-0.3, -0.25) is 9.59 Å². The minimum Gasteiger partial charge on any atom is -0.497 e. The zero-order valence-corrected chi connectivity index (χ0v) is 19.4. The monoisotopic (exact) mass is 426 g/mol. The number of nitrogens with one attached hydrogen (secondary N) is 1. The Labute approximate surface area is 185 Å². The van der Waals surface area contributed by atoms with Gasteiger partial charge in [-0.2, -0.15) is 0 Å². The molecule has 168 valence electrons. The van der Waals surface area contributed by atoms with E-state index in [0.29, 0.717) is 24.8 Å². The average molecular weight is 427 g/mol. The standard InChI is InChI=1S/C25H34N2O4/c1-17(2)14-26-25(29)20(5)27(15-21-10-12-22(30-6)13-11-21)24(28)16-31-23-9-7-8-18(3)19(23)4/h7-13,17,20H,14-16H2,1-6H3,(H,26,29). The summed E-state index contributed by atoms with van der Waals surface area (Å²) in [6.45, 7) is 10.5. The molecule has 0 saturated heterocycles. The lowest BCUT2D eigenvalue weighted by Gasteiger charge is -2.29. The molecule has 0 fully saturated rings. The Kier molecular flexibility index (Phi) is 8.91. The minimum absolute atomic E-state index is 0.137. The molecule has 6 nitrogen and oxygen atoms in total. The molecule has 2 amide bonds. The Morgan fingerprint density at radius 3 is 2.32 bits per heavy atom. The average Bonchev–Trinajstić information content (AvgIpc) is 2.76. The van der Waals surface area contributed by atoms with Crippen LogP contribution in [0.3, 0.4) is 0 Å². The van der Waals surface area contributed by atoms with Crippen molar-refractivity contribution in [2.24, 2.45) is 5.92 Å². The van der Waals surface area contributed by atoms with Gasteiger partial charge in [0.25, 0.3) is 5.91 Å². The van der Waals surface area contributed by atoms with Gasteiger partial charge in [0.05, 0.1) is 7.11 Å². The van der Waals surface area contributed by atoms with Gasteiger partial charge in [0.2, 0.25) is 5.91 Å². The maximum absolute atomic E-state index is 13.1. The lowest BCUT2D eigenvalue weighted by Crippen LogP contribution is -2.49. The predicted molar refractivity (Wildman–Crippen MR) is 122 cm³/mol. The SMILES string of the molecule is COc1ccc(CN(C(=O)COc2cccc(C)c2C)C(C)C(=O)NCC(C)C)cc1. The molecule has 31 heavy (non-hydrogen) atoms. The maximum atomic E-state index is 13.1. The van der Waals surface area contributed by atoms with Gasteiger partial charge in [-0.1, -0.05) is 38.1 Å². The molecule has 0 saturated carbocycles. The number of ether oxygens (including phenoxy) is 2. The quantitative estimate of drug-likeness (QED) is 0.626. The summed E-state index contributed by atoms with van der Waals surface area (Å²) in [5.41, 5.74) is 3.01. The van der Waals surface area contributed by atoms with Crippen LogP contribution in [0.25, 0.3) is 0 Å². The van der Waals surface area contributed by atoms with Crippen molar-refractivity contribution < 1.29 is 19.1 Å². The Morgan fingerprint density at radius 2 is 1.71 bits per heavy atom. The summed E-state index contributed by atoms with van der Waals surface area (Å²) < 4.78 is 11.0. The van der Waals surface area contributed by atoms with E-state index in [2.05, 4.69) is 5.32 Å². The van der Waals surface area contributed by atoms with Crippen LogP contribution >= 0.6 is 0 Å². The number of methoxy groups -OCH3 is 1. The van der Waals surface area contributed by atoms with Crippen molar-refractivity contribution in [3.63, 3.8) is 0 Å². The third-order valence-corrected chi connectivity index (χ3v) is 5.27. The van der Waals surface area contributed by atoms with Crippen molar-refractivity contribution in [2.45, 2.75) is 47.2 Å². The molecule has 0 aliphatic heterocycles. The predicted octanol–water partition coefficient (Wildman–Crippen LogP) is 3.88. The van der Waals surface area contributed by atoms with Crippen LogP contribution in [0.4, 0.5) is 0 Å². The molecule has 2 aromatic rings. The van der Waals surface area contributed by atoms with E-state index >= 15 is 0 Å².